The van der Waals surface area contributed by atoms with Crippen molar-refractivity contribution >= 4 is 28.8 Å². The molecular formula is C9H11ClN2OS. The maximum Gasteiger partial charge on any atom is 0.246 e. The van der Waals surface area contributed by atoms with Crippen LogP contribution in [0.5, 0.6) is 0 Å². The number of likely N-dealkylation sites (tertiary alicyclic amines) is 1. The van der Waals surface area contributed by atoms with Crippen molar-refractivity contribution in [1.82, 2.24) is 9.88 Å². The second-order valence-corrected chi connectivity index (χ2v) is 4.46. The molecule has 1 aliphatic rings. The van der Waals surface area contributed by atoms with Crippen molar-refractivity contribution in [2.45, 2.75) is 18.2 Å². The molecule has 2 rings (SSSR count). The zero-order chi connectivity index (χ0) is 9.97. The van der Waals surface area contributed by atoms with E-state index in [0.717, 1.165) is 25.9 Å². The Kier molecular flexibility index (Phi) is 3.03. The van der Waals surface area contributed by atoms with Crippen molar-refractivity contribution in [2.24, 2.45) is 0 Å². The summed E-state index contributed by atoms with van der Waals surface area (Å²) in [6.45, 7) is 1.68. The fourth-order valence-electron chi connectivity index (χ4n) is 1.57. The minimum Gasteiger partial charge on any atom is -0.341 e. The van der Waals surface area contributed by atoms with Gasteiger partial charge in [-0.05, 0) is 12.8 Å². The Bertz CT molecular complexity index is 309. The highest BCUT2D eigenvalue weighted by Gasteiger charge is 2.26. The maximum absolute atomic E-state index is 11.8. The van der Waals surface area contributed by atoms with E-state index in [1.807, 2.05) is 10.3 Å². The monoisotopic (exact) mass is 230 g/mol. The normalized spacial score (nSPS) is 18.5. The number of aromatic nitrogens is 1. The SMILES string of the molecule is O=C(C(Cl)c1cscn1)N1CCCC1. The fraction of sp³-hybridized carbons (Fsp3) is 0.556. The number of thiazole rings is 1. The second kappa shape index (κ2) is 4.28. The molecule has 1 aromatic rings. The fourth-order valence-corrected chi connectivity index (χ4v) is 2.48. The molecule has 1 unspecified atom stereocenters. The van der Waals surface area contributed by atoms with E-state index in [4.69, 9.17) is 11.6 Å². The molecule has 1 fully saturated rings. The zero-order valence-electron chi connectivity index (χ0n) is 7.65. The molecule has 76 valence electrons. The summed E-state index contributed by atoms with van der Waals surface area (Å²) in [6.07, 6.45) is 2.18. The second-order valence-electron chi connectivity index (χ2n) is 3.31. The van der Waals surface area contributed by atoms with E-state index in [0.29, 0.717) is 5.69 Å². The number of halogens is 1. The highest BCUT2D eigenvalue weighted by Crippen LogP contribution is 2.24. The molecule has 1 aliphatic heterocycles. The van der Waals surface area contributed by atoms with Gasteiger partial charge in [-0.3, -0.25) is 4.79 Å². The summed E-state index contributed by atoms with van der Waals surface area (Å²) in [5.74, 6) is -0.00457. The molecule has 2 heterocycles. The van der Waals surface area contributed by atoms with Crippen LogP contribution in [0.2, 0.25) is 0 Å². The number of hydrogen-bond acceptors (Lipinski definition) is 3. The molecular weight excluding hydrogens is 220 g/mol. The quantitative estimate of drug-likeness (QED) is 0.729. The number of nitrogens with zero attached hydrogens (tertiary/aromatic N) is 2. The first-order valence-corrected chi connectivity index (χ1v) is 5.98. The minimum atomic E-state index is -0.598. The summed E-state index contributed by atoms with van der Waals surface area (Å²) in [6, 6.07) is 0. The van der Waals surface area contributed by atoms with Crippen molar-refractivity contribution < 1.29 is 4.79 Å². The van der Waals surface area contributed by atoms with Crippen LogP contribution in [0.1, 0.15) is 23.9 Å². The number of rotatable bonds is 2. The van der Waals surface area contributed by atoms with Gasteiger partial charge in [0.05, 0.1) is 11.2 Å². The van der Waals surface area contributed by atoms with E-state index in [-0.39, 0.29) is 5.91 Å². The molecule has 0 aromatic carbocycles. The maximum atomic E-state index is 11.8. The van der Waals surface area contributed by atoms with Crippen molar-refractivity contribution in [2.75, 3.05) is 13.1 Å². The molecule has 0 N–H and O–H groups in total. The summed E-state index contributed by atoms with van der Waals surface area (Å²) in [5, 5.41) is 1.23. The van der Waals surface area contributed by atoms with Gasteiger partial charge in [0, 0.05) is 18.5 Å². The Morgan fingerprint density at radius 2 is 2.29 bits per heavy atom. The molecule has 0 aliphatic carbocycles. The lowest BCUT2D eigenvalue weighted by molar-refractivity contribution is -0.129. The van der Waals surface area contributed by atoms with Crippen molar-refractivity contribution in [3.63, 3.8) is 0 Å². The van der Waals surface area contributed by atoms with E-state index in [9.17, 15) is 4.79 Å². The molecule has 1 aromatic heterocycles. The van der Waals surface area contributed by atoms with Gasteiger partial charge < -0.3 is 4.90 Å². The predicted molar refractivity (Wildman–Crippen MR) is 56.5 cm³/mol. The average Bonchev–Trinajstić information content (AvgIpc) is 2.87. The first-order valence-electron chi connectivity index (χ1n) is 4.60. The number of carbonyl (C=O) groups excluding carboxylic acids is 1. The molecule has 1 saturated heterocycles. The van der Waals surface area contributed by atoms with Gasteiger partial charge in [0.2, 0.25) is 5.91 Å². The van der Waals surface area contributed by atoms with Gasteiger partial charge in [0.15, 0.2) is 5.38 Å². The van der Waals surface area contributed by atoms with Crippen LogP contribution in [0.4, 0.5) is 0 Å². The Labute approximate surface area is 91.7 Å². The van der Waals surface area contributed by atoms with E-state index in [1.54, 1.807) is 5.51 Å². The Balaban J connectivity index is 2.04. The largest absolute Gasteiger partial charge is 0.341 e. The van der Waals surface area contributed by atoms with Crippen LogP contribution >= 0.6 is 22.9 Å². The third-order valence-electron chi connectivity index (χ3n) is 2.35. The van der Waals surface area contributed by atoms with Crippen LogP contribution in [-0.4, -0.2) is 28.9 Å². The van der Waals surface area contributed by atoms with Gasteiger partial charge in [-0.1, -0.05) is 0 Å². The molecule has 0 saturated carbocycles. The number of carbonyl (C=O) groups is 1. The molecule has 5 heteroatoms. The van der Waals surface area contributed by atoms with Crippen LogP contribution in [0.25, 0.3) is 0 Å². The zero-order valence-corrected chi connectivity index (χ0v) is 9.22. The molecule has 14 heavy (non-hydrogen) atoms. The lowest BCUT2D eigenvalue weighted by atomic mass is 10.3. The van der Waals surface area contributed by atoms with Crippen LogP contribution < -0.4 is 0 Å². The van der Waals surface area contributed by atoms with Crippen molar-refractivity contribution in [3.8, 4) is 0 Å². The molecule has 3 nitrogen and oxygen atoms in total. The van der Waals surface area contributed by atoms with Crippen LogP contribution in [-0.2, 0) is 4.79 Å². The predicted octanol–water partition coefficient (Wildman–Crippen LogP) is 2.05. The summed E-state index contributed by atoms with van der Waals surface area (Å²) in [5.41, 5.74) is 2.37. The van der Waals surface area contributed by atoms with E-state index >= 15 is 0 Å². The molecule has 1 amide bonds. The molecule has 0 radical (unpaired) electrons. The van der Waals surface area contributed by atoms with E-state index in [1.165, 1.54) is 11.3 Å². The van der Waals surface area contributed by atoms with Crippen molar-refractivity contribution in [3.05, 3.63) is 16.6 Å². The highest BCUT2D eigenvalue weighted by atomic mass is 35.5. The third kappa shape index (κ3) is 1.91. The molecule has 0 bridgehead atoms. The van der Waals surface area contributed by atoms with Crippen LogP contribution in [0.3, 0.4) is 0 Å². The van der Waals surface area contributed by atoms with Crippen LogP contribution in [0, 0.1) is 0 Å². The van der Waals surface area contributed by atoms with Crippen molar-refractivity contribution in [1.29, 1.82) is 0 Å². The summed E-state index contributed by atoms with van der Waals surface area (Å²) in [4.78, 5) is 17.7. The van der Waals surface area contributed by atoms with E-state index < -0.39 is 5.38 Å². The minimum absolute atomic E-state index is 0.00457. The molecule has 1 atom stereocenters. The highest BCUT2D eigenvalue weighted by molar-refractivity contribution is 7.07. The number of alkyl halides is 1. The first kappa shape index (κ1) is 9.93. The van der Waals surface area contributed by atoms with Gasteiger partial charge in [0.1, 0.15) is 0 Å². The van der Waals surface area contributed by atoms with Gasteiger partial charge in [-0.2, -0.15) is 0 Å². The van der Waals surface area contributed by atoms with Crippen LogP contribution in [0.15, 0.2) is 10.9 Å². The Morgan fingerprint density at radius 3 is 2.86 bits per heavy atom. The van der Waals surface area contributed by atoms with E-state index in [2.05, 4.69) is 4.98 Å². The number of amides is 1. The summed E-state index contributed by atoms with van der Waals surface area (Å²) < 4.78 is 0. The van der Waals surface area contributed by atoms with Gasteiger partial charge in [-0.15, -0.1) is 22.9 Å². The third-order valence-corrected chi connectivity index (χ3v) is 3.36. The Hall–Kier alpha value is -0.610. The summed E-state index contributed by atoms with van der Waals surface area (Å²) >= 11 is 7.49. The lowest BCUT2D eigenvalue weighted by Crippen LogP contribution is -2.30. The van der Waals surface area contributed by atoms with Gasteiger partial charge in [-0.25, -0.2) is 4.98 Å². The smallest absolute Gasteiger partial charge is 0.246 e. The van der Waals surface area contributed by atoms with Gasteiger partial charge >= 0.3 is 0 Å². The first-order chi connectivity index (χ1) is 6.79. The number of hydrogen-bond donors (Lipinski definition) is 0. The topological polar surface area (TPSA) is 33.2 Å². The lowest BCUT2D eigenvalue weighted by Gasteiger charge is -2.17. The van der Waals surface area contributed by atoms with Gasteiger partial charge in [0.25, 0.3) is 0 Å². The molecule has 0 spiro atoms. The standard InChI is InChI=1S/C9H11ClN2OS/c10-8(7-5-14-6-11-7)9(13)12-3-1-2-4-12/h5-6,8H,1-4H2. The average molecular weight is 231 g/mol. The summed E-state index contributed by atoms with van der Waals surface area (Å²) in [7, 11) is 0. The Morgan fingerprint density at radius 1 is 1.57 bits per heavy atom.